The molecule has 2 rings (SSSR count). The molecule has 3 N–H and O–H groups in total. The molecule has 1 aromatic rings. The molecule has 0 unspecified atom stereocenters. The molecular weight excluding hydrogens is 272 g/mol. The Morgan fingerprint density at radius 3 is 2.72 bits per heavy atom. The summed E-state index contributed by atoms with van der Waals surface area (Å²) in [5.41, 5.74) is 5.88. The SMILES string of the molecule is Nc1ccc(Cl)cc1S(=O)(=O)NCCC1CCC1. The van der Waals surface area contributed by atoms with E-state index in [1.807, 2.05) is 0 Å². The maximum Gasteiger partial charge on any atom is 0.242 e. The van der Waals surface area contributed by atoms with E-state index in [0.29, 0.717) is 17.5 Å². The molecule has 1 fully saturated rings. The first-order valence-electron chi connectivity index (χ1n) is 6.04. The molecule has 1 aliphatic rings. The Balaban J connectivity index is 2.02. The van der Waals surface area contributed by atoms with Gasteiger partial charge in [-0.05, 0) is 30.5 Å². The van der Waals surface area contributed by atoms with Gasteiger partial charge in [0.2, 0.25) is 10.0 Å². The van der Waals surface area contributed by atoms with Gasteiger partial charge in [0.25, 0.3) is 0 Å². The van der Waals surface area contributed by atoms with Gasteiger partial charge in [-0.15, -0.1) is 0 Å². The van der Waals surface area contributed by atoms with Crippen molar-refractivity contribution in [2.45, 2.75) is 30.6 Å². The van der Waals surface area contributed by atoms with Crippen LogP contribution in [0.3, 0.4) is 0 Å². The predicted molar refractivity (Wildman–Crippen MR) is 73.0 cm³/mol. The van der Waals surface area contributed by atoms with Crippen LogP contribution in [0, 0.1) is 5.92 Å². The molecule has 1 aliphatic carbocycles. The number of nitrogens with one attached hydrogen (secondary N) is 1. The summed E-state index contributed by atoms with van der Waals surface area (Å²) in [6.45, 7) is 0.457. The molecule has 0 aliphatic heterocycles. The lowest BCUT2D eigenvalue weighted by molar-refractivity contribution is 0.297. The monoisotopic (exact) mass is 288 g/mol. The number of nitrogen functional groups attached to an aromatic ring is 1. The second-order valence-corrected chi connectivity index (χ2v) is 6.84. The van der Waals surface area contributed by atoms with E-state index in [-0.39, 0.29) is 10.6 Å². The second kappa shape index (κ2) is 5.47. The van der Waals surface area contributed by atoms with Gasteiger partial charge >= 0.3 is 0 Å². The lowest BCUT2D eigenvalue weighted by atomic mass is 9.83. The quantitative estimate of drug-likeness (QED) is 0.817. The van der Waals surface area contributed by atoms with E-state index in [9.17, 15) is 8.42 Å². The number of sulfonamides is 1. The lowest BCUT2D eigenvalue weighted by Crippen LogP contribution is -2.28. The molecule has 0 aromatic heterocycles. The van der Waals surface area contributed by atoms with Crippen molar-refractivity contribution in [3.63, 3.8) is 0 Å². The molecule has 0 atom stereocenters. The zero-order chi connectivity index (χ0) is 13.2. The number of nitrogens with two attached hydrogens (primary N) is 1. The normalized spacial score (nSPS) is 16.5. The number of halogens is 1. The highest BCUT2D eigenvalue weighted by Gasteiger charge is 2.20. The maximum atomic E-state index is 12.0. The minimum absolute atomic E-state index is 0.0589. The van der Waals surface area contributed by atoms with Crippen LogP contribution in [0.4, 0.5) is 5.69 Å². The van der Waals surface area contributed by atoms with Crippen LogP contribution in [-0.2, 0) is 10.0 Å². The van der Waals surface area contributed by atoms with Gasteiger partial charge in [-0.1, -0.05) is 30.9 Å². The van der Waals surface area contributed by atoms with Gasteiger partial charge in [-0.3, -0.25) is 0 Å². The van der Waals surface area contributed by atoms with E-state index < -0.39 is 10.0 Å². The van der Waals surface area contributed by atoms with Crippen LogP contribution >= 0.6 is 11.6 Å². The highest BCUT2D eigenvalue weighted by molar-refractivity contribution is 7.89. The standard InChI is InChI=1S/C12H17ClN2O2S/c13-10-4-5-11(14)12(8-10)18(16,17)15-7-6-9-2-1-3-9/h4-5,8-9,15H,1-3,6-7,14H2. The fourth-order valence-corrected chi connectivity index (χ4v) is 3.44. The third kappa shape index (κ3) is 3.16. The third-order valence-electron chi connectivity index (χ3n) is 3.33. The first-order valence-corrected chi connectivity index (χ1v) is 7.90. The topological polar surface area (TPSA) is 72.2 Å². The van der Waals surface area contributed by atoms with Gasteiger partial charge in [0, 0.05) is 11.6 Å². The van der Waals surface area contributed by atoms with Crippen molar-refractivity contribution in [1.29, 1.82) is 0 Å². The van der Waals surface area contributed by atoms with Gasteiger partial charge in [0.15, 0.2) is 0 Å². The minimum atomic E-state index is -3.55. The van der Waals surface area contributed by atoms with E-state index in [1.54, 1.807) is 6.07 Å². The third-order valence-corrected chi connectivity index (χ3v) is 5.09. The Morgan fingerprint density at radius 2 is 2.11 bits per heavy atom. The van der Waals surface area contributed by atoms with E-state index in [1.165, 1.54) is 31.4 Å². The zero-order valence-electron chi connectivity index (χ0n) is 10.0. The number of anilines is 1. The van der Waals surface area contributed by atoms with Gasteiger partial charge in [0.1, 0.15) is 4.90 Å². The predicted octanol–water partition coefficient (Wildman–Crippen LogP) is 2.39. The average Bonchev–Trinajstić information content (AvgIpc) is 2.25. The van der Waals surface area contributed by atoms with Crippen molar-refractivity contribution in [2.24, 2.45) is 5.92 Å². The molecule has 0 heterocycles. The molecule has 6 heteroatoms. The Morgan fingerprint density at radius 1 is 1.39 bits per heavy atom. The number of hydrogen-bond acceptors (Lipinski definition) is 3. The Labute approximate surface area is 113 Å². The summed E-state index contributed by atoms with van der Waals surface area (Å²) in [6, 6.07) is 4.45. The highest BCUT2D eigenvalue weighted by atomic mass is 35.5. The molecule has 0 saturated heterocycles. The smallest absolute Gasteiger partial charge is 0.242 e. The Hall–Kier alpha value is -0.780. The summed E-state index contributed by atoms with van der Waals surface area (Å²) in [7, 11) is -3.55. The Kier molecular flexibility index (Phi) is 4.14. The van der Waals surface area contributed by atoms with E-state index >= 15 is 0 Å². The number of hydrogen-bond donors (Lipinski definition) is 2. The highest BCUT2D eigenvalue weighted by Crippen LogP contribution is 2.29. The summed E-state index contributed by atoms with van der Waals surface area (Å²) in [6.07, 6.45) is 4.57. The molecule has 1 saturated carbocycles. The summed E-state index contributed by atoms with van der Waals surface area (Å²) >= 11 is 5.79. The van der Waals surface area contributed by atoms with E-state index in [0.717, 1.165) is 6.42 Å². The van der Waals surface area contributed by atoms with Crippen LogP contribution in [-0.4, -0.2) is 15.0 Å². The van der Waals surface area contributed by atoms with Gasteiger partial charge < -0.3 is 5.73 Å². The maximum absolute atomic E-state index is 12.0. The summed E-state index contributed by atoms with van der Waals surface area (Å²) < 4.78 is 26.7. The van der Waals surface area contributed by atoms with Crippen molar-refractivity contribution in [3.8, 4) is 0 Å². The molecular formula is C12H17ClN2O2S. The van der Waals surface area contributed by atoms with Crippen molar-refractivity contribution in [1.82, 2.24) is 4.72 Å². The number of benzene rings is 1. The van der Waals surface area contributed by atoms with Crippen molar-refractivity contribution < 1.29 is 8.42 Å². The molecule has 0 spiro atoms. The molecule has 0 bridgehead atoms. The first-order chi connectivity index (χ1) is 8.49. The van der Waals surface area contributed by atoms with Crippen LogP contribution in [0.15, 0.2) is 23.1 Å². The van der Waals surface area contributed by atoms with Crippen molar-refractivity contribution in [2.75, 3.05) is 12.3 Å². The second-order valence-electron chi connectivity index (χ2n) is 4.67. The van der Waals surface area contributed by atoms with Gasteiger partial charge in [0.05, 0.1) is 5.69 Å². The van der Waals surface area contributed by atoms with E-state index in [2.05, 4.69) is 4.72 Å². The average molecular weight is 289 g/mol. The molecule has 4 nitrogen and oxygen atoms in total. The first kappa shape index (κ1) is 13.6. The van der Waals surface area contributed by atoms with Crippen LogP contribution in [0.2, 0.25) is 5.02 Å². The zero-order valence-corrected chi connectivity index (χ0v) is 11.6. The molecule has 0 amide bonds. The summed E-state index contributed by atoms with van der Waals surface area (Å²) in [5.74, 6) is 0.671. The molecule has 100 valence electrons. The van der Waals surface area contributed by atoms with Crippen LogP contribution in [0.25, 0.3) is 0 Å². The van der Waals surface area contributed by atoms with Gasteiger partial charge in [-0.2, -0.15) is 0 Å². The van der Waals surface area contributed by atoms with E-state index in [4.69, 9.17) is 17.3 Å². The molecule has 18 heavy (non-hydrogen) atoms. The summed E-state index contributed by atoms with van der Waals surface area (Å²) in [4.78, 5) is 0.0589. The van der Waals surface area contributed by atoms with Crippen LogP contribution < -0.4 is 10.5 Å². The number of rotatable bonds is 5. The van der Waals surface area contributed by atoms with Crippen molar-refractivity contribution in [3.05, 3.63) is 23.2 Å². The molecule has 1 aromatic carbocycles. The largest absolute Gasteiger partial charge is 0.398 e. The molecule has 0 radical (unpaired) electrons. The fraction of sp³-hybridized carbons (Fsp3) is 0.500. The van der Waals surface area contributed by atoms with Gasteiger partial charge in [-0.25, -0.2) is 13.1 Å². The van der Waals surface area contributed by atoms with Crippen molar-refractivity contribution >= 4 is 27.3 Å². The van der Waals surface area contributed by atoms with Crippen LogP contribution in [0.1, 0.15) is 25.7 Å². The summed E-state index contributed by atoms with van der Waals surface area (Å²) in [5, 5.41) is 0.364. The van der Waals surface area contributed by atoms with Crippen LogP contribution in [0.5, 0.6) is 0 Å². The fourth-order valence-electron chi connectivity index (χ4n) is 2.00. The Bertz CT molecular complexity index is 527. The lowest BCUT2D eigenvalue weighted by Gasteiger charge is -2.25. The minimum Gasteiger partial charge on any atom is -0.398 e.